The molecule has 70 valence electrons. The van der Waals surface area contributed by atoms with Crippen LogP contribution in [0.1, 0.15) is 10.9 Å². The van der Waals surface area contributed by atoms with Crippen molar-refractivity contribution in [1.82, 2.24) is 10.2 Å². The van der Waals surface area contributed by atoms with Crippen molar-refractivity contribution in [3.63, 3.8) is 0 Å². The van der Waals surface area contributed by atoms with E-state index in [0.717, 1.165) is 11.0 Å². The van der Waals surface area contributed by atoms with E-state index < -0.39 is 0 Å². The Kier molecular flexibility index (Phi) is 2.29. The van der Waals surface area contributed by atoms with E-state index in [1.165, 1.54) is 4.88 Å². The first kappa shape index (κ1) is 9.02. The van der Waals surface area contributed by atoms with E-state index in [2.05, 4.69) is 27.3 Å². The summed E-state index contributed by atoms with van der Waals surface area (Å²) >= 11 is 5.06. The summed E-state index contributed by atoms with van der Waals surface area (Å²) in [6.45, 7) is 0.756. The molecular weight excluding hydrogens is 252 g/mol. The number of urea groups is 1. The predicted octanol–water partition coefficient (Wildman–Crippen LogP) is 2.21. The van der Waals surface area contributed by atoms with E-state index >= 15 is 0 Å². The van der Waals surface area contributed by atoms with Crippen molar-refractivity contribution < 1.29 is 4.79 Å². The third-order valence-electron chi connectivity index (χ3n) is 2.03. The Morgan fingerprint density at radius 1 is 1.77 bits per heavy atom. The van der Waals surface area contributed by atoms with Crippen LogP contribution in [0.15, 0.2) is 15.9 Å². The molecule has 1 aliphatic heterocycles. The molecule has 0 bridgehead atoms. The number of carbonyl (C=O) groups excluding carboxylic acids is 1. The molecule has 1 aromatic heterocycles. The Morgan fingerprint density at radius 2 is 2.54 bits per heavy atom. The second kappa shape index (κ2) is 3.31. The molecule has 0 saturated carbocycles. The van der Waals surface area contributed by atoms with Crippen LogP contribution >= 0.6 is 27.3 Å². The van der Waals surface area contributed by atoms with Crippen molar-refractivity contribution >= 4 is 33.3 Å². The van der Waals surface area contributed by atoms with Crippen molar-refractivity contribution in [1.29, 1.82) is 0 Å². The lowest BCUT2D eigenvalue weighted by Gasteiger charge is -2.05. The molecule has 0 aliphatic carbocycles. The molecule has 1 saturated heterocycles. The minimum Gasteiger partial charge on any atom is -0.329 e. The Morgan fingerprint density at radius 3 is 3.00 bits per heavy atom. The van der Waals surface area contributed by atoms with E-state index in [9.17, 15) is 4.79 Å². The summed E-state index contributed by atoms with van der Waals surface area (Å²) in [6.07, 6.45) is 0. The van der Waals surface area contributed by atoms with E-state index in [0.29, 0.717) is 0 Å². The normalized spacial score (nSPS) is 22.2. The first-order valence-corrected chi connectivity index (χ1v) is 5.59. The van der Waals surface area contributed by atoms with Gasteiger partial charge in [0.1, 0.15) is 0 Å². The summed E-state index contributed by atoms with van der Waals surface area (Å²) in [6, 6.07) is 2.22. The summed E-state index contributed by atoms with van der Waals surface area (Å²) in [7, 11) is 1.80. The molecule has 13 heavy (non-hydrogen) atoms. The standard InChI is InChI=1S/C8H9BrN2OS/c1-11-3-6(10-8(11)12)7-2-5(9)4-13-7/h2,4,6H,3H2,1H3,(H,10,12). The molecule has 1 unspecified atom stereocenters. The van der Waals surface area contributed by atoms with Crippen LogP contribution in [0.25, 0.3) is 0 Å². The van der Waals surface area contributed by atoms with Gasteiger partial charge in [-0.3, -0.25) is 0 Å². The van der Waals surface area contributed by atoms with Gasteiger partial charge in [0.25, 0.3) is 0 Å². The van der Waals surface area contributed by atoms with E-state index in [1.807, 2.05) is 5.38 Å². The van der Waals surface area contributed by atoms with Gasteiger partial charge in [-0.15, -0.1) is 11.3 Å². The molecule has 2 rings (SSSR count). The molecule has 0 spiro atoms. The number of halogens is 1. The first-order valence-electron chi connectivity index (χ1n) is 3.92. The summed E-state index contributed by atoms with van der Waals surface area (Å²) in [5.74, 6) is 0. The van der Waals surface area contributed by atoms with Gasteiger partial charge in [0.15, 0.2) is 0 Å². The van der Waals surface area contributed by atoms with Crippen molar-refractivity contribution in [2.24, 2.45) is 0 Å². The third-order valence-corrected chi connectivity index (χ3v) is 3.84. The molecule has 2 amide bonds. The summed E-state index contributed by atoms with van der Waals surface area (Å²) in [4.78, 5) is 14.1. The maximum atomic E-state index is 11.2. The maximum absolute atomic E-state index is 11.2. The molecule has 1 N–H and O–H groups in total. The predicted molar refractivity (Wildman–Crippen MR) is 55.9 cm³/mol. The van der Waals surface area contributed by atoms with Crippen LogP contribution in [-0.2, 0) is 0 Å². The summed E-state index contributed by atoms with van der Waals surface area (Å²) in [5, 5.41) is 4.94. The molecule has 1 atom stereocenters. The van der Waals surface area contributed by atoms with Gasteiger partial charge >= 0.3 is 6.03 Å². The largest absolute Gasteiger partial charge is 0.329 e. The lowest BCUT2D eigenvalue weighted by atomic mass is 10.2. The SMILES string of the molecule is CN1CC(c2cc(Br)cs2)NC1=O. The Bertz CT molecular complexity index is 339. The zero-order chi connectivity index (χ0) is 9.42. The average molecular weight is 261 g/mol. The highest BCUT2D eigenvalue weighted by atomic mass is 79.9. The van der Waals surface area contributed by atoms with Crippen LogP contribution in [-0.4, -0.2) is 24.5 Å². The topological polar surface area (TPSA) is 32.3 Å². The highest BCUT2D eigenvalue weighted by Crippen LogP contribution is 2.28. The fourth-order valence-corrected chi connectivity index (χ4v) is 2.82. The number of carbonyl (C=O) groups is 1. The van der Waals surface area contributed by atoms with Gasteiger partial charge in [0.2, 0.25) is 0 Å². The minimum atomic E-state index is 0.00882. The zero-order valence-corrected chi connectivity index (χ0v) is 9.48. The van der Waals surface area contributed by atoms with Crippen LogP contribution in [0, 0.1) is 0 Å². The average Bonchev–Trinajstić information content (AvgIpc) is 2.61. The maximum Gasteiger partial charge on any atom is 0.317 e. The quantitative estimate of drug-likeness (QED) is 0.825. The second-order valence-electron chi connectivity index (χ2n) is 3.05. The molecule has 3 nitrogen and oxygen atoms in total. The first-order chi connectivity index (χ1) is 6.16. The number of rotatable bonds is 1. The van der Waals surface area contributed by atoms with Gasteiger partial charge in [-0.2, -0.15) is 0 Å². The van der Waals surface area contributed by atoms with Gasteiger partial charge in [-0.1, -0.05) is 0 Å². The fraction of sp³-hybridized carbons (Fsp3) is 0.375. The van der Waals surface area contributed by atoms with Gasteiger partial charge in [0, 0.05) is 28.3 Å². The van der Waals surface area contributed by atoms with Crippen LogP contribution in [0.2, 0.25) is 0 Å². The van der Waals surface area contributed by atoms with Crippen molar-refractivity contribution in [2.45, 2.75) is 6.04 Å². The number of hydrogen-bond donors (Lipinski definition) is 1. The Hall–Kier alpha value is -0.550. The molecule has 2 heterocycles. The van der Waals surface area contributed by atoms with Gasteiger partial charge < -0.3 is 10.2 Å². The second-order valence-corrected chi connectivity index (χ2v) is 4.91. The molecule has 0 radical (unpaired) electrons. The number of thiophene rings is 1. The fourth-order valence-electron chi connectivity index (χ4n) is 1.33. The van der Waals surface area contributed by atoms with Crippen LogP contribution in [0.3, 0.4) is 0 Å². The van der Waals surface area contributed by atoms with E-state index in [4.69, 9.17) is 0 Å². The number of nitrogens with zero attached hydrogens (tertiary/aromatic N) is 1. The van der Waals surface area contributed by atoms with Crippen molar-refractivity contribution in [3.8, 4) is 0 Å². The zero-order valence-electron chi connectivity index (χ0n) is 7.08. The van der Waals surface area contributed by atoms with Crippen LogP contribution in [0.5, 0.6) is 0 Å². The summed E-state index contributed by atoms with van der Waals surface area (Å²) < 4.78 is 1.08. The Balaban J connectivity index is 2.16. The lowest BCUT2D eigenvalue weighted by molar-refractivity contribution is 0.226. The van der Waals surface area contributed by atoms with E-state index in [-0.39, 0.29) is 12.1 Å². The number of amides is 2. The lowest BCUT2D eigenvalue weighted by Crippen LogP contribution is -2.23. The molecule has 1 aliphatic rings. The molecule has 1 fully saturated rings. The number of nitrogens with one attached hydrogen (secondary N) is 1. The van der Waals surface area contributed by atoms with Crippen molar-refractivity contribution in [3.05, 3.63) is 20.8 Å². The monoisotopic (exact) mass is 260 g/mol. The number of hydrogen-bond acceptors (Lipinski definition) is 2. The smallest absolute Gasteiger partial charge is 0.317 e. The summed E-state index contributed by atoms with van der Waals surface area (Å²) in [5.41, 5.74) is 0. The number of likely N-dealkylation sites (N-methyl/N-ethyl adjacent to an activating group) is 1. The molecule has 0 aromatic carbocycles. The van der Waals surface area contributed by atoms with Crippen LogP contribution in [0.4, 0.5) is 4.79 Å². The van der Waals surface area contributed by atoms with Crippen LogP contribution < -0.4 is 5.32 Å². The highest BCUT2D eigenvalue weighted by Gasteiger charge is 2.27. The van der Waals surface area contributed by atoms with Gasteiger partial charge in [-0.05, 0) is 22.0 Å². The van der Waals surface area contributed by atoms with Gasteiger partial charge in [-0.25, -0.2) is 4.79 Å². The Labute approximate surface area is 88.9 Å². The molecule has 1 aromatic rings. The minimum absolute atomic E-state index is 0.00882. The third kappa shape index (κ3) is 1.71. The molecule has 5 heteroatoms. The van der Waals surface area contributed by atoms with E-state index in [1.54, 1.807) is 23.3 Å². The highest BCUT2D eigenvalue weighted by molar-refractivity contribution is 9.10. The van der Waals surface area contributed by atoms with Gasteiger partial charge in [0.05, 0.1) is 6.04 Å². The van der Waals surface area contributed by atoms with Crippen molar-refractivity contribution in [2.75, 3.05) is 13.6 Å². The molecular formula is C8H9BrN2OS.